The Morgan fingerprint density at radius 2 is 1.92 bits per heavy atom. The van der Waals surface area contributed by atoms with Crippen LogP contribution < -0.4 is 11.1 Å². The van der Waals surface area contributed by atoms with Crippen molar-refractivity contribution in [2.24, 2.45) is 5.73 Å². The maximum Gasteiger partial charge on any atom is 0.404 e. The molecule has 2 amide bonds. The van der Waals surface area contributed by atoms with Crippen molar-refractivity contribution in [1.82, 2.24) is 10.3 Å². The first-order chi connectivity index (χ1) is 11.6. The van der Waals surface area contributed by atoms with Crippen LogP contribution in [0.2, 0.25) is 0 Å². The van der Waals surface area contributed by atoms with E-state index in [2.05, 4.69) is 10.3 Å². The van der Waals surface area contributed by atoms with Crippen molar-refractivity contribution in [3.8, 4) is 0 Å². The van der Waals surface area contributed by atoms with Crippen LogP contribution in [0.3, 0.4) is 0 Å². The number of rotatable bonds is 4. The summed E-state index contributed by atoms with van der Waals surface area (Å²) in [6.07, 6.45) is 3.22. The lowest BCUT2D eigenvalue weighted by molar-refractivity contribution is -0.118. The van der Waals surface area contributed by atoms with Crippen molar-refractivity contribution < 1.29 is 19.1 Å². The van der Waals surface area contributed by atoms with Crippen LogP contribution in [0.4, 0.5) is 4.79 Å². The van der Waals surface area contributed by atoms with E-state index in [1.807, 2.05) is 18.2 Å². The first kappa shape index (κ1) is 16.0. The molecule has 1 saturated carbocycles. The topological polar surface area (TPSA) is 114 Å². The molecule has 0 radical (unpaired) electrons. The van der Waals surface area contributed by atoms with Crippen molar-refractivity contribution in [2.45, 2.75) is 37.8 Å². The second kappa shape index (κ2) is 6.74. The van der Waals surface area contributed by atoms with Crippen LogP contribution in [0, 0.1) is 0 Å². The Morgan fingerprint density at radius 3 is 2.71 bits per heavy atom. The van der Waals surface area contributed by atoms with Crippen LogP contribution >= 0.6 is 0 Å². The van der Waals surface area contributed by atoms with Gasteiger partial charge in [0.05, 0.1) is 11.6 Å². The molecule has 2 atom stereocenters. The Labute approximate surface area is 138 Å². The van der Waals surface area contributed by atoms with Crippen LogP contribution in [0.5, 0.6) is 0 Å². The number of aromatic amines is 1. The van der Waals surface area contributed by atoms with Gasteiger partial charge >= 0.3 is 6.09 Å². The number of hydrogen-bond acceptors (Lipinski definition) is 4. The van der Waals surface area contributed by atoms with Gasteiger partial charge in [0.1, 0.15) is 6.10 Å². The third-order valence-electron chi connectivity index (χ3n) is 4.33. The number of amides is 2. The number of benzene rings is 1. The Morgan fingerprint density at radius 1 is 1.17 bits per heavy atom. The number of carbonyl (C=O) groups is 3. The molecule has 1 aromatic heterocycles. The highest BCUT2D eigenvalue weighted by Gasteiger charge is 2.31. The lowest BCUT2D eigenvalue weighted by atomic mass is 9.92. The second-order valence-corrected chi connectivity index (χ2v) is 5.92. The highest BCUT2D eigenvalue weighted by Crippen LogP contribution is 2.22. The van der Waals surface area contributed by atoms with Crippen molar-refractivity contribution in [3.63, 3.8) is 0 Å². The Balaban J connectivity index is 1.73. The standard InChI is InChI=1S/C17H19N3O4/c18-17(23)24-14-8-4-3-7-13(14)20-16(22)15(21)11-9-19-12-6-2-1-5-10(11)12/h1-2,5-6,9,13-14,19H,3-4,7-8H2,(H2,18,23)(H,20,22)/t13-,14-/m1/s1. The molecule has 24 heavy (non-hydrogen) atoms. The first-order valence-electron chi connectivity index (χ1n) is 7.93. The molecule has 1 aromatic carbocycles. The molecule has 4 N–H and O–H groups in total. The molecular formula is C17H19N3O4. The van der Waals surface area contributed by atoms with Gasteiger partial charge < -0.3 is 20.8 Å². The van der Waals surface area contributed by atoms with E-state index in [0.29, 0.717) is 23.8 Å². The van der Waals surface area contributed by atoms with Crippen molar-refractivity contribution in [2.75, 3.05) is 0 Å². The number of H-pyrrole nitrogens is 1. The van der Waals surface area contributed by atoms with E-state index in [-0.39, 0.29) is 0 Å². The number of carbonyl (C=O) groups excluding carboxylic acids is 3. The van der Waals surface area contributed by atoms with Gasteiger partial charge in [0.25, 0.3) is 11.7 Å². The summed E-state index contributed by atoms with van der Waals surface area (Å²) in [7, 11) is 0. The van der Waals surface area contributed by atoms with Gasteiger partial charge in [-0.05, 0) is 25.3 Å². The number of Topliss-reactive ketones (excluding diaryl/α,β-unsaturated/α-hetero) is 1. The summed E-state index contributed by atoms with van der Waals surface area (Å²) in [6.45, 7) is 0. The van der Waals surface area contributed by atoms with Gasteiger partial charge in [0.2, 0.25) is 0 Å². The molecule has 0 aliphatic heterocycles. The molecule has 1 heterocycles. The lowest BCUT2D eigenvalue weighted by Gasteiger charge is -2.30. The molecule has 0 spiro atoms. The number of aromatic nitrogens is 1. The highest BCUT2D eigenvalue weighted by molar-refractivity contribution is 6.45. The molecule has 7 heteroatoms. The molecule has 1 fully saturated rings. The summed E-state index contributed by atoms with van der Waals surface area (Å²) < 4.78 is 5.05. The fourth-order valence-electron chi connectivity index (χ4n) is 3.17. The molecule has 1 aliphatic rings. The molecule has 1 aliphatic carbocycles. The zero-order chi connectivity index (χ0) is 17.1. The number of nitrogens with one attached hydrogen (secondary N) is 2. The molecule has 126 valence electrons. The van der Waals surface area contributed by atoms with Crippen LogP contribution in [-0.4, -0.2) is 34.9 Å². The van der Waals surface area contributed by atoms with E-state index in [1.54, 1.807) is 6.07 Å². The number of para-hydroxylation sites is 1. The molecule has 0 bridgehead atoms. The largest absolute Gasteiger partial charge is 0.444 e. The molecule has 7 nitrogen and oxygen atoms in total. The Hall–Kier alpha value is -2.83. The van der Waals surface area contributed by atoms with Gasteiger partial charge in [-0.15, -0.1) is 0 Å². The van der Waals surface area contributed by atoms with Crippen molar-refractivity contribution in [3.05, 3.63) is 36.0 Å². The average Bonchev–Trinajstić information content (AvgIpc) is 2.99. The zero-order valence-corrected chi connectivity index (χ0v) is 13.1. The smallest absolute Gasteiger partial charge is 0.404 e. The van der Waals surface area contributed by atoms with Gasteiger partial charge in [0, 0.05) is 17.1 Å². The lowest BCUT2D eigenvalue weighted by Crippen LogP contribution is -2.49. The third kappa shape index (κ3) is 3.24. The van der Waals surface area contributed by atoms with Crippen LogP contribution in [-0.2, 0) is 9.53 Å². The quantitative estimate of drug-likeness (QED) is 0.587. The summed E-state index contributed by atoms with van der Waals surface area (Å²) in [5, 5.41) is 3.39. The number of ketones is 1. The highest BCUT2D eigenvalue weighted by atomic mass is 16.6. The number of hydrogen-bond donors (Lipinski definition) is 3. The second-order valence-electron chi connectivity index (χ2n) is 5.92. The van der Waals surface area contributed by atoms with E-state index in [0.717, 1.165) is 18.4 Å². The summed E-state index contributed by atoms with van der Waals surface area (Å²) in [6, 6.07) is 6.88. The molecule has 3 rings (SSSR count). The number of ether oxygens (including phenoxy) is 1. The summed E-state index contributed by atoms with van der Waals surface area (Å²) in [5.74, 6) is -1.32. The van der Waals surface area contributed by atoms with Crippen LogP contribution in [0.25, 0.3) is 10.9 Å². The SMILES string of the molecule is NC(=O)O[C@@H]1CCCC[C@H]1NC(=O)C(=O)c1c[nH]c2ccccc12. The van der Waals surface area contributed by atoms with E-state index < -0.39 is 29.9 Å². The number of primary amides is 1. The van der Waals surface area contributed by atoms with Crippen molar-refractivity contribution >= 4 is 28.7 Å². The van der Waals surface area contributed by atoms with Crippen LogP contribution in [0.15, 0.2) is 30.5 Å². The third-order valence-corrected chi connectivity index (χ3v) is 4.33. The van der Waals surface area contributed by atoms with Crippen molar-refractivity contribution in [1.29, 1.82) is 0 Å². The van der Waals surface area contributed by atoms with E-state index in [9.17, 15) is 14.4 Å². The maximum atomic E-state index is 12.5. The first-order valence-corrected chi connectivity index (χ1v) is 7.93. The van der Waals surface area contributed by atoms with Gasteiger partial charge in [0.15, 0.2) is 0 Å². The Bertz CT molecular complexity index is 783. The minimum absolute atomic E-state index is 0.325. The average molecular weight is 329 g/mol. The summed E-state index contributed by atoms with van der Waals surface area (Å²) in [5.41, 5.74) is 6.19. The monoisotopic (exact) mass is 329 g/mol. The van der Waals surface area contributed by atoms with Gasteiger partial charge in [-0.1, -0.05) is 24.6 Å². The summed E-state index contributed by atoms with van der Waals surface area (Å²) in [4.78, 5) is 38.8. The normalized spacial score (nSPS) is 20.5. The minimum Gasteiger partial charge on any atom is -0.444 e. The van der Waals surface area contributed by atoms with Gasteiger partial charge in [-0.2, -0.15) is 0 Å². The van der Waals surface area contributed by atoms with E-state index in [4.69, 9.17) is 10.5 Å². The Kier molecular flexibility index (Phi) is 4.50. The number of nitrogens with two attached hydrogens (primary N) is 1. The van der Waals surface area contributed by atoms with E-state index >= 15 is 0 Å². The predicted octanol–water partition coefficient (Wildman–Crippen LogP) is 1.87. The fourth-order valence-corrected chi connectivity index (χ4v) is 3.17. The molecule has 2 aromatic rings. The van der Waals surface area contributed by atoms with Gasteiger partial charge in [-0.3, -0.25) is 9.59 Å². The fraction of sp³-hybridized carbons (Fsp3) is 0.353. The predicted molar refractivity (Wildman–Crippen MR) is 87.5 cm³/mol. The van der Waals surface area contributed by atoms with Crippen LogP contribution in [0.1, 0.15) is 36.0 Å². The van der Waals surface area contributed by atoms with E-state index in [1.165, 1.54) is 6.20 Å². The number of fused-ring (bicyclic) bond motifs is 1. The molecule has 0 unspecified atom stereocenters. The minimum atomic E-state index is -0.871. The summed E-state index contributed by atoms with van der Waals surface area (Å²) >= 11 is 0. The molecule has 0 saturated heterocycles. The maximum absolute atomic E-state index is 12.5. The van der Waals surface area contributed by atoms with Gasteiger partial charge in [-0.25, -0.2) is 4.79 Å². The zero-order valence-electron chi connectivity index (χ0n) is 13.1. The molecular weight excluding hydrogens is 310 g/mol.